The number of nitro groups is 1. The van der Waals surface area contributed by atoms with Gasteiger partial charge in [-0.1, -0.05) is 19.1 Å². The van der Waals surface area contributed by atoms with Crippen molar-refractivity contribution in [2.75, 3.05) is 13.2 Å². The first-order chi connectivity index (χ1) is 8.63. The van der Waals surface area contributed by atoms with Crippen LogP contribution in [0.4, 0.5) is 0 Å². The molecule has 1 aromatic carbocycles. The second kappa shape index (κ2) is 5.37. The molecule has 1 N–H and O–H groups in total. The van der Waals surface area contributed by atoms with Crippen molar-refractivity contribution in [3.05, 3.63) is 33.9 Å². The molecule has 0 spiro atoms. The average Bonchev–Trinajstić information content (AvgIpc) is 2.64. The molecule has 1 heterocycles. The molecule has 1 aliphatic rings. The SMILES string of the molecule is CCCOc1cccc2c1B(O)OC2C[N+](=O)[O-]. The van der Waals surface area contributed by atoms with Gasteiger partial charge in [0.05, 0.1) is 6.61 Å². The number of ether oxygens (including phenoxy) is 1. The highest BCUT2D eigenvalue weighted by atomic mass is 16.6. The average molecular weight is 251 g/mol. The van der Waals surface area contributed by atoms with E-state index in [9.17, 15) is 15.1 Å². The molecule has 0 saturated heterocycles. The number of benzene rings is 1. The highest BCUT2D eigenvalue weighted by Gasteiger charge is 2.40. The Kier molecular flexibility index (Phi) is 3.83. The van der Waals surface area contributed by atoms with Crippen LogP contribution in [0.5, 0.6) is 5.75 Å². The summed E-state index contributed by atoms with van der Waals surface area (Å²) in [4.78, 5) is 10.1. The smallest absolute Gasteiger partial charge is 0.494 e. The number of nitrogens with zero attached hydrogens (tertiary/aromatic N) is 1. The van der Waals surface area contributed by atoms with Crippen molar-refractivity contribution < 1.29 is 19.3 Å². The molecule has 0 saturated carbocycles. The third-order valence-electron chi connectivity index (χ3n) is 2.76. The van der Waals surface area contributed by atoms with Crippen molar-refractivity contribution in [2.45, 2.75) is 19.4 Å². The van der Waals surface area contributed by atoms with Crippen LogP contribution < -0.4 is 10.2 Å². The van der Waals surface area contributed by atoms with E-state index < -0.39 is 18.1 Å². The lowest BCUT2D eigenvalue weighted by Crippen LogP contribution is -2.30. The summed E-state index contributed by atoms with van der Waals surface area (Å²) in [5, 5.41) is 20.4. The molecule has 1 atom stereocenters. The molecular formula is C11H14BNO5. The molecule has 0 aromatic heterocycles. The van der Waals surface area contributed by atoms with Crippen LogP contribution in [0.15, 0.2) is 18.2 Å². The Hall–Kier alpha value is -1.60. The van der Waals surface area contributed by atoms with Gasteiger partial charge in [-0.05, 0) is 18.1 Å². The van der Waals surface area contributed by atoms with Gasteiger partial charge in [-0.25, -0.2) is 0 Å². The van der Waals surface area contributed by atoms with E-state index >= 15 is 0 Å². The third kappa shape index (κ3) is 2.47. The zero-order valence-electron chi connectivity index (χ0n) is 10.0. The zero-order valence-corrected chi connectivity index (χ0v) is 10.0. The van der Waals surface area contributed by atoms with Crippen LogP contribution in [-0.2, 0) is 4.65 Å². The van der Waals surface area contributed by atoms with Crippen LogP contribution in [0, 0.1) is 10.1 Å². The van der Waals surface area contributed by atoms with Crippen LogP contribution >= 0.6 is 0 Å². The number of hydrogen-bond acceptors (Lipinski definition) is 5. The van der Waals surface area contributed by atoms with Crippen molar-refractivity contribution in [1.29, 1.82) is 0 Å². The van der Waals surface area contributed by atoms with E-state index in [2.05, 4.69) is 0 Å². The molecule has 0 aliphatic carbocycles. The quantitative estimate of drug-likeness (QED) is 0.468. The fraction of sp³-hybridized carbons (Fsp3) is 0.455. The molecule has 2 rings (SSSR count). The summed E-state index contributed by atoms with van der Waals surface area (Å²) >= 11 is 0. The van der Waals surface area contributed by atoms with Gasteiger partial charge in [-0.3, -0.25) is 10.1 Å². The molecule has 18 heavy (non-hydrogen) atoms. The molecule has 0 fully saturated rings. The summed E-state index contributed by atoms with van der Waals surface area (Å²) in [6.45, 7) is 2.15. The van der Waals surface area contributed by atoms with Crippen LogP contribution in [0.1, 0.15) is 25.0 Å². The molecule has 1 aromatic rings. The minimum Gasteiger partial charge on any atom is -0.494 e. The number of rotatable bonds is 5. The molecule has 1 unspecified atom stereocenters. The van der Waals surface area contributed by atoms with Gasteiger partial charge in [-0.2, -0.15) is 0 Å². The lowest BCUT2D eigenvalue weighted by molar-refractivity contribution is -0.490. The summed E-state index contributed by atoms with van der Waals surface area (Å²) in [7, 11) is -1.15. The minimum absolute atomic E-state index is 0.360. The van der Waals surface area contributed by atoms with Crippen molar-refractivity contribution in [3.63, 3.8) is 0 Å². The van der Waals surface area contributed by atoms with Gasteiger partial charge in [0, 0.05) is 10.4 Å². The van der Waals surface area contributed by atoms with Gasteiger partial charge >= 0.3 is 7.12 Å². The third-order valence-corrected chi connectivity index (χ3v) is 2.76. The molecule has 0 radical (unpaired) electrons. The Morgan fingerprint density at radius 3 is 3.06 bits per heavy atom. The van der Waals surface area contributed by atoms with Gasteiger partial charge in [0.15, 0.2) is 0 Å². The topological polar surface area (TPSA) is 81.8 Å². The molecule has 6 nitrogen and oxygen atoms in total. The number of hydrogen-bond donors (Lipinski definition) is 1. The van der Waals surface area contributed by atoms with E-state index in [-0.39, 0.29) is 6.54 Å². The van der Waals surface area contributed by atoms with Crippen molar-refractivity contribution in [3.8, 4) is 5.75 Å². The van der Waals surface area contributed by atoms with Crippen LogP contribution in [0.25, 0.3) is 0 Å². The Bertz CT molecular complexity index is 453. The fourth-order valence-electron chi connectivity index (χ4n) is 2.02. The highest BCUT2D eigenvalue weighted by molar-refractivity contribution is 6.62. The first-order valence-corrected chi connectivity index (χ1v) is 5.84. The predicted octanol–water partition coefficient (Wildman–Crippen LogP) is 0.511. The van der Waals surface area contributed by atoms with Gasteiger partial charge in [0.1, 0.15) is 11.9 Å². The van der Waals surface area contributed by atoms with E-state index in [1.165, 1.54) is 0 Å². The largest absolute Gasteiger partial charge is 0.496 e. The van der Waals surface area contributed by atoms with Crippen molar-refractivity contribution in [1.82, 2.24) is 0 Å². The fourth-order valence-corrected chi connectivity index (χ4v) is 2.02. The van der Waals surface area contributed by atoms with Gasteiger partial charge < -0.3 is 14.4 Å². The Labute approximate surface area is 105 Å². The second-order valence-corrected chi connectivity index (χ2v) is 4.10. The summed E-state index contributed by atoms with van der Waals surface area (Å²) < 4.78 is 10.7. The normalized spacial score (nSPS) is 17.7. The molecular weight excluding hydrogens is 237 g/mol. The maximum Gasteiger partial charge on any atom is 0.496 e. The summed E-state index contributed by atoms with van der Waals surface area (Å²) in [6, 6.07) is 5.20. The van der Waals surface area contributed by atoms with E-state index in [0.717, 1.165) is 6.42 Å². The molecule has 7 heteroatoms. The second-order valence-electron chi connectivity index (χ2n) is 4.10. The zero-order chi connectivity index (χ0) is 13.1. The van der Waals surface area contributed by atoms with Crippen molar-refractivity contribution in [2.24, 2.45) is 0 Å². The highest BCUT2D eigenvalue weighted by Crippen LogP contribution is 2.27. The lowest BCUT2D eigenvalue weighted by atomic mass is 9.78. The standard InChI is InChI=1S/C11H14BNO5/c1-2-6-17-9-5-3-4-8-10(7-13(15)16)18-12(14)11(8)9/h3-5,10,14H,2,6-7H2,1H3. The summed E-state index contributed by atoms with van der Waals surface area (Å²) in [5.41, 5.74) is 1.14. The van der Waals surface area contributed by atoms with Gasteiger partial charge in [0.2, 0.25) is 6.54 Å². The number of fused-ring (bicyclic) bond motifs is 1. The minimum atomic E-state index is -1.15. The molecule has 96 valence electrons. The van der Waals surface area contributed by atoms with Gasteiger partial charge in [0.25, 0.3) is 0 Å². The molecule has 0 bridgehead atoms. The van der Waals surface area contributed by atoms with E-state index in [1.807, 2.05) is 6.92 Å². The van der Waals surface area contributed by atoms with Crippen LogP contribution in [0.2, 0.25) is 0 Å². The van der Waals surface area contributed by atoms with E-state index in [4.69, 9.17) is 9.39 Å². The first kappa shape index (κ1) is 12.9. The van der Waals surface area contributed by atoms with Crippen molar-refractivity contribution >= 4 is 12.6 Å². The Balaban J connectivity index is 2.28. The molecule has 0 amide bonds. The lowest BCUT2D eigenvalue weighted by Gasteiger charge is -2.10. The predicted molar refractivity (Wildman–Crippen MR) is 65.5 cm³/mol. The van der Waals surface area contributed by atoms with Crippen LogP contribution in [-0.4, -0.2) is 30.2 Å². The molecule has 1 aliphatic heterocycles. The van der Waals surface area contributed by atoms with Gasteiger partial charge in [-0.15, -0.1) is 0 Å². The summed E-state index contributed by atoms with van der Waals surface area (Å²) in [6.07, 6.45) is 0.133. The Morgan fingerprint density at radius 1 is 1.61 bits per heavy atom. The maximum absolute atomic E-state index is 10.5. The Morgan fingerprint density at radius 2 is 2.39 bits per heavy atom. The van der Waals surface area contributed by atoms with E-state index in [1.54, 1.807) is 18.2 Å². The van der Waals surface area contributed by atoms with Crippen LogP contribution in [0.3, 0.4) is 0 Å². The first-order valence-electron chi connectivity index (χ1n) is 5.84. The van der Waals surface area contributed by atoms with E-state index in [0.29, 0.717) is 23.4 Å². The summed E-state index contributed by atoms with van der Waals surface area (Å²) in [5.74, 6) is 0.535. The monoisotopic (exact) mass is 251 g/mol. The maximum atomic E-state index is 10.5.